The first-order valence-electron chi connectivity index (χ1n) is 3.85. The third-order valence-corrected chi connectivity index (χ3v) is 2.06. The molecule has 1 aliphatic rings. The minimum absolute atomic E-state index is 0.507. The van der Waals surface area contributed by atoms with Crippen molar-refractivity contribution < 1.29 is 4.65 Å². The lowest BCUT2D eigenvalue weighted by atomic mass is 9.75. The molecular weight excluding hydrogens is 153 g/mol. The van der Waals surface area contributed by atoms with Gasteiger partial charge in [-0.25, -0.2) is 0 Å². The predicted molar refractivity (Wildman–Crippen MR) is 47.2 cm³/mol. The third-order valence-electron chi connectivity index (χ3n) is 2.06. The Kier molecular flexibility index (Phi) is 1.69. The quantitative estimate of drug-likeness (QED) is 0.454. The zero-order chi connectivity index (χ0) is 8.55. The molecule has 12 heavy (non-hydrogen) atoms. The SMILES string of the molecule is Cc1ccc2c(c1)COB2N=O. The first-order chi connectivity index (χ1) is 5.81. The molecule has 0 aromatic heterocycles. The van der Waals surface area contributed by atoms with E-state index < -0.39 is 7.05 Å². The molecule has 1 aromatic rings. The Morgan fingerprint density at radius 2 is 2.42 bits per heavy atom. The highest BCUT2D eigenvalue weighted by Gasteiger charge is 2.30. The summed E-state index contributed by atoms with van der Waals surface area (Å²) >= 11 is 0. The van der Waals surface area contributed by atoms with Crippen molar-refractivity contribution in [3.63, 3.8) is 0 Å². The van der Waals surface area contributed by atoms with Gasteiger partial charge in [-0.2, -0.15) is 4.91 Å². The molecule has 0 amide bonds. The van der Waals surface area contributed by atoms with Crippen LogP contribution in [0.25, 0.3) is 0 Å². The maximum absolute atomic E-state index is 10.3. The fourth-order valence-electron chi connectivity index (χ4n) is 1.45. The molecule has 1 heterocycles. The highest BCUT2D eigenvalue weighted by Crippen LogP contribution is 2.12. The van der Waals surface area contributed by atoms with Gasteiger partial charge < -0.3 is 4.65 Å². The standard InChI is InChI=1S/C8H8BNO2/c1-6-2-3-8-7(4-6)5-12-9(8)10-11/h2-4H,5H2,1H3. The summed E-state index contributed by atoms with van der Waals surface area (Å²) in [5.41, 5.74) is 3.18. The van der Waals surface area contributed by atoms with Crippen LogP contribution < -0.4 is 5.46 Å². The molecule has 0 fully saturated rings. The van der Waals surface area contributed by atoms with E-state index in [-0.39, 0.29) is 0 Å². The summed E-state index contributed by atoms with van der Waals surface area (Å²) in [6.45, 7) is 2.52. The smallest absolute Gasteiger partial charge is 0.405 e. The minimum atomic E-state index is -0.583. The molecule has 1 aliphatic heterocycles. The van der Waals surface area contributed by atoms with E-state index in [0.29, 0.717) is 6.61 Å². The molecule has 0 saturated carbocycles. The predicted octanol–water partition coefficient (Wildman–Crippen LogP) is 0.987. The second-order valence-electron chi connectivity index (χ2n) is 2.97. The summed E-state index contributed by atoms with van der Waals surface area (Å²) in [7, 11) is -0.583. The molecule has 3 nitrogen and oxygen atoms in total. The van der Waals surface area contributed by atoms with E-state index >= 15 is 0 Å². The maximum atomic E-state index is 10.3. The van der Waals surface area contributed by atoms with Gasteiger partial charge in [-0.05, 0) is 17.9 Å². The van der Waals surface area contributed by atoms with Gasteiger partial charge in [-0.3, -0.25) is 0 Å². The van der Waals surface area contributed by atoms with Crippen molar-refractivity contribution in [3.8, 4) is 0 Å². The van der Waals surface area contributed by atoms with Gasteiger partial charge in [0.2, 0.25) is 0 Å². The molecule has 4 heteroatoms. The molecule has 0 atom stereocenters. The normalized spacial score (nSPS) is 14.6. The summed E-state index contributed by atoms with van der Waals surface area (Å²) in [5.74, 6) is 0. The van der Waals surface area contributed by atoms with E-state index in [9.17, 15) is 4.91 Å². The summed E-state index contributed by atoms with van der Waals surface area (Å²) in [6.07, 6.45) is 0. The van der Waals surface area contributed by atoms with E-state index in [1.54, 1.807) is 0 Å². The molecule has 0 aliphatic carbocycles. The molecule has 0 bridgehead atoms. The number of aryl methyl sites for hydroxylation is 1. The molecule has 2 rings (SSSR count). The Balaban J connectivity index is 2.47. The van der Waals surface area contributed by atoms with Crippen molar-refractivity contribution >= 4 is 12.5 Å². The van der Waals surface area contributed by atoms with Crippen molar-refractivity contribution in [1.29, 1.82) is 0 Å². The van der Waals surface area contributed by atoms with Gasteiger partial charge in [0, 0.05) is 0 Å². The molecule has 1 aromatic carbocycles. The summed E-state index contributed by atoms with van der Waals surface area (Å²) < 4.78 is 5.15. The van der Waals surface area contributed by atoms with Gasteiger partial charge in [-0.1, -0.05) is 28.9 Å². The zero-order valence-corrected chi connectivity index (χ0v) is 6.78. The molecule has 0 N–H and O–H groups in total. The molecular formula is C8H8BNO2. The van der Waals surface area contributed by atoms with Crippen LogP contribution in [0.4, 0.5) is 0 Å². The van der Waals surface area contributed by atoms with Crippen molar-refractivity contribution in [2.24, 2.45) is 5.09 Å². The van der Waals surface area contributed by atoms with Crippen LogP contribution in [0.15, 0.2) is 23.3 Å². The van der Waals surface area contributed by atoms with E-state index in [0.717, 1.165) is 11.0 Å². The molecule has 0 spiro atoms. The minimum Gasteiger partial charge on any atom is -0.405 e. The lowest BCUT2D eigenvalue weighted by molar-refractivity contribution is 0.331. The van der Waals surface area contributed by atoms with E-state index in [1.165, 1.54) is 5.56 Å². The highest BCUT2D eigenvalue weighted by molar-refractivity contribution is 6.67. The van der Waals surface area contributed by atoms with Gasteiger partial charge in [0.25, 0.3) is 0 Å². The van der Waals surface area contributed by atoms with Crippen LogP contribution in [0.3, 0.4) is 0 Å². The fourth-order valence-corrected chi connectivity index (χ4v) is 1.45. The maximum Gasteiger partial charge on any atom is 0.520 e. The van der Waals surface area contributed by atoms with Crippen LogP contribution in [-0.4, -0.2) is 7.05 Å². The van der Waals surface area contributed by atoms with Crippen LogP contribution >= 0.6 is 0 Å². The molecule has 60 valence electrons. The van der Waals surface area contributed by atoms with Crippen molar-refractivity contribution in [3.05, 3.63) is 34.2 Å². The highest BCUT2D eigenvalue weighted by atomic mass is 16.5. The summed E-state index contributed by atoms with van der Waals surface area (Å²) in [5, 5.41) is 2.89. The zero-order valence-electron chi connectivity index (χ0n) is 6.78. The van der Waals surface area contributed by atoms with Crippen LogP contribution in [0.2, 0.25) is 0 Å². The second-order valence-corrected chi connectivity index (χ2v) is 2.97. The lowest BCUT2D eigenvalue weighted by Gasteiger charge is -1.97. The Labute approximate surface area is 70.8 Å². The number of hydrogen-bond donors (Lipinski definition) is 0. The monoisotopic (exact) mass is 161 g/mol. The number of nitrogens with zero attached hydrogens (tertiary/aromatic N) is 1. The van der Waals surface area contributed by atoms with Gasteiger partial charge in [0.05, 0.1) is 6.61 Å². The average Bonchev–Trinajstić information content (AvgIpc) is 2.46. The number of fused-ring (bicyclic) bond motifs is 1. The largest absolute Gasteiger partial charge is 0.520 e. The van der Waals surface area contributed by atoms with Crippen LogP contribution in [-0.2, 0) is 11.3 Å². The Hall–Kier alpha value is -1.16. The molecule has 0 saturated heterocycles. The second kappa shape index (κ2) is 2.71. The van der Waals surface area contributed by atoms with Gasteiger partial charge >= 0.3 is 7.05 Å². The van der Waals surface area contributed by atoms with Crippen LogP contribution in [0.1, 0.15) is 11.1 Å². The van der Waals surface area contributed by atoms with Crippen LogP contribution in [0.5, 0.6) is 0 Å². The number of rotatable bonds is 1. The Bertz CT molecular complexity index is 327. The number of benzene rings is 1. The Morgan fingerprint density at radius 3 is 3.17 bits per heavy atom. The molecule has 0 unspecified atom stereocenters. The average molecular weight is 161 g/mol. The van der Waals surface area contributed by atoms with Crippen molar-refractivity contribution in [1.82, 2.24) is 0 Å². The topological polar surface area (TPSA) is 38.7 Å². The van der Waals surface area contributed by atoms with Gasteiger partial charge in [-0.15, -0.1) is 0 Å². The first-order valence-corrected chi connectivity index (χ1v) is 3.85. The number of nitroso groups, excluding NO2 is 1. The first kappa shape index (κ1) is 7.49. The summed E-state index contributed by atoms with van der Waals surface area (Å²) in [4.78, 5) is 10.3. The van der Waals surface area contributed by atoms with E-state index in [2.05, 4.69) is 5.09 Å². The molecule has 0 radical (unpaired) electrons. The Morgan fingerprint density at radius 1 is 1.58 bits per heavy atom. The van der Waals surface area contributed by atoms with E-state index in [4.69, 9.17) is 4.65 Å². The number of hydrogen-bond acceptors (Lipinski definition) is 3. The summed E-state index contributed by atoms with van der Waals surface area (Å²) in [6, 6.07) is 5.90. The fraction of sp³-hybridized carbons (Fsp3) is 0.250. The van der Waals surface area contributed by atoms with Crippen molar-refractivity contribution in [2.75, 3.05) is 0 Å². The van der Waals surface area contributed by atoms with E-state index in [1.807, 2.05) is 25.1 Å². The van der Waals surface area contributed by atoms with Crippen molar-refractivity contribution in [2.45, 2.75) is 13.5 Å². The van der Waals surface area contributed by atoms with Gasteiger partial charge in [0.15, 0.2) is 0 Å². The van der Waals surface area contributed by atoms with Gasteiger partial charge in [0.1, 0.15) is 0 Å². The van der Waals surface area contributed by atoms with Crippen LogP contribution in [0, 0.1) is 11.8 Å². The third kappa shape index (κ3) is 1.04. The lowest BCUT2D eigenvalue weighted by Crippen LogP contribution is -2.25.